The van der Waals surface area contributed by atoms with Crippen molar-refractivity contribution >= 4 is 39.0 Å². The first kappa shape index (κ1) is 25.9. The summed E-state index contributed by atoms with van der Waals surface area (Å²) < 4.78 is 23.7. The molecule has 3 aromatic carbocycles. The topological polar surface area (TPSA) is 101 Å². The second kappa shape index (κ2) is 11.3. The van der Waals surface area contributed by atoms with Crippen molar-refractivity contribution in [2.24, 2.45) is 5.10 Å². The molecular formula is C27H24BrN3O6. The Labute approximate surface area is 221 Å². The maximum Gasteiger partial charge on any atom is 0.343 e. The van der Waals surface area contributed by atoms with Gasteiger partial charge in [0.15, 0.2) is 11.5 Å². The van der Waals surface area contributed by atoms with Crippen LogP contribution in [0.5, 0.6) is 23.0 Å². The van der Waals surface area contributed by atoms with E-state index in [1.54, 1.807) is 36.4 Å². The molecule has 4 rings (SSSR count). The standard InChI is InChI=1S/C27H24BrN3O6/c1-5-24-30-20-9-7-6-8-19(20)26(32)31(24)29-15-17-12-18(28)10-11-21(17)37-27(33)16-13-22(34-2)25(36-4)23(14-16)35-3/h6-15H,5H2,1-4H3. The number of aryl methyl sites for hydroxylation is 1. The number of hydrogen-bond donors (Lipinski definition) is 0. The largest absolute Gasteiger partial charge is 0.493 e. The van der Waals surface area contributed by atoms with Crippen molar-refractivity contribution in [3.05, 3.63) is 86.4 Å². The molecule has 0 amide bonds. The predicted octanol–water partition coefficient (Wildman–Crippen LogP) is 4.85. The number of aromatic nitrogens is 2. The summed E-state index contributed by atoms with van der Waals surface area (Å²) in [5.41, 5.74) is 0.990. The van der Waals surface area contributed by atoms with Crippen molar-refractivity contribution in [3.8, 4) is 23.0 Å². The normalized spacial score (nSPS) is 11.1. The van der Waals surface area contributed by atoms with Gasteiger partial charge in [0.1, 0.15) is 11.6 Å². The van der Waals surface area contributed by atoms with Gasteiger partial charge in [-0.1, -0.05) is 35.0 Å². The number of carbonyl (C=O) groups is 1. The molecule has 0 aliphatic rings. The van der Waals surface area contributed by atoms with Crippen LogP contribution in [0.1, 0.15) is 28.7 Å². The summed E-state index contributed by atoms with van der Waals surface area (Å²) in [7, 11) is 4.40. The maximum absolute atomic E-state index is 13.1. The first-order valence-electron chi connectivity index (χ1n) is 11.3. The number of methoxy groups -OCH3 is 3. The van der Waals surface area contributed by atoms with Gasteiger partial charge in [-0.05, 0) is 42.5 Å². The molecular weight excluding hydrogens is 542 g/mol. The highest BCUT2D eigenvalue weighted by atomic mass is 79.9. The van der Waals surface area contributed by atoms with Gasteiger partial charge in [0.2, 0.25) is 5.75 Å². The summed E-state index contributed by atoms with van der Waals surface area (Å²) in [5.74, 6) is 1.11. The molecule has 0 saturated carbocycles. The molecule has 0 aliphatic carbocycles. The lowest BCUT2D eigenvalue weighted by molar-refractivity contribution is 0.0733. The lowest BCUT2D eigenvalue weighted by Gasteiger charge is -2.14. The van der Waals surface area contributed by atoms with E-state index in [2.05, 4.69) is 26.0 Å². The first-order chi connectivity index (χ1) is 17.9. The number of rotatable bonds is 8. The molecule has 0 aliphatic heterocycles. The lowest BCUT2D eigenvalue weighted by Crippen LogP contribution is -2.22. The average Bonchev–Trinajstić information content (AvgIpc) is 2.92. The van der Waals surface area contributed by atoms with Gasteiger partial charge in [-0.2, -0.15) is 9.78 Å². The molecule has 190 valence electrons. The number of halogens is 1. The smallest absolute Gasteiger partial charge is 0.343 e. The summed E-state index contributed by atoms with van der Waals surface area (Å²) in [5, 5.41) is 4.86. The molecule has 1 aromatic heterocycles. The van der Waals surface area contributed by atoms with Crippen LogP contribution in [0.4, 0.5) is 0 Å². The minimum atomic E-state index is -0.644. The van der Waals surface area contributed by atoms with Crippen molar-refractivity contribution in [2.45, 2.75) is 13.3 Å². The highest BCUT2D eigenvalue weighted by molar-refractivity contribution is 9.10. The van der Waals surface area contributed by atoms with E-state index < -0.39 is 5.97 Å². The number of esters is 1. The fraction of sp³-hybridized carbons (Fsp3) is 0.185. The molecule has 0 spiro atoms. The summed E-state index contributed by atoms with van der Waals surface area (Å²) >= 11 is 3.43. The molecule has 0 radical (unpaired) electrons. The molecule has 9 nitrogen and oxygen atoms in total. The van der Waals surface area contributed by atoms with Gasteiger partial charge in [0.05, 0.1) is 44.0 Å². The molecule has 0 saturated heterocycles. The van der Waals surface area contributed by atoms with E-state index in [1.807, 2.05) is 13.0 Å². The zero-order valence-electron chi connectivity index (χ0n) is 20.6. The zero-order chi connectivity index (χ0) is 26.5. The number of ether oxygens (including phenoxy) is 4. The fourth-order valence-electron chi connectivity index (χ4n) is 3.71. The van der Waals surface area contributed by atoms with Crippen LogP contribution in [0.2, 0.25) is 0 Å². The lowest BCUT2D eigenvalue weighted by atomic mass is 10.1. The monoisotopic (exact) mass is 565 g/mol. The van der Waals surface area contributed by atoms with Crippen LogP contribution in [-0.2, 0) is 6.42 Å². The van der Waals surface area contributed by atoms with Gasteiger partial charge >= 0.3 is 5.97 Å². The molecule has 0 bridgehead atoms. The zero-order valence-corrected chi connectivity index (χ0v) is 22.2. The second-order valence-corrected chi connectivity index (χ2v) is 8.66. The Bertz CT molecular complexity index is 1540. The Morgan fingerprint density at radius 2 is 1.70 bits per heavy atom. The van der Waals surface area contributed by atoms with Crippen LogP contribution in [0.25, 0.3) is 10.9 Å². The third-order valence-electron chi connectivity index (χ3n) is 5.52. The molecule has 37 heavy (non-hydrogen) atoms. The Balaban J connectivity index is 1.71. The third kappa shape index (κ3) is 5.34. The summed E-state index contributed by atoms with van der Waals surface area (Å²) in [4.78, 5) is 30.7. The Morgan fingerprint density at radius 1 is 1.00 bits per heavy atom. The molecule has 0 atom stereocenters. The van der Waals surface area contributed by atoms with Crippen LogP contribution in [0.15, 0.2) is 69.0 Å². The minimum absolute atomic E-state index is 0.198. The Kier molecular flexibility index (Phi) is 7.88. The molecule has 0 fully saturated rings. The van der Waals surface area contributed by atoms with Gasteiger partial charge in [-0.3, -0.25) is 4.79 Å². The SMILES string of the molecule is CCc1nc2ccccc2c(=O)n1N=Cc1cc(Br)ccc1OC(=O)c1cc(OC)c(OC)c(OC)c1. The molecule has 4 aromatic rings. The van der Waals surface area contributed by atoms with E-state index >= 15 is 0 Å². The van der Waals surface area contributed by atoms with Gasteiger partial charge in [0, 0.05) is 16.5 Å². The van der Waals surface area contributed by atoms with E-state index in [0.29, 0.717) is 46.0 Å². The van der Waals surface area contributed by atoms with Gasteiger partial charge in [-0.25, -0.2) is 9.78 Å². The highest BCUT2D eigenvalue weighted by Gasteiger charge is 2.19. The number of hydrogen-bond acceptors (Lipinski definition) is 8. The van der Waals surface area contributed by atoms with E-state index in [-0.39, 0.29) is 16.9 Å². The number of benzene rings is 3. The summed E-state index contributed by atoms with van der Waals surface area (Å²) in [6, 6.07) is 15.2. The van der Waals surface area contributed by atoms with Crippen molar-refractivity contribution in [2.75, 3.05) is 21.3 Å². The van der Waals surface area contributed by atoms with Crippen molar-refractivity contribution < 1.29 is 23.7 Å². The second-order valence-electron chi connectivity index (χ2n) is 7.75. The molecule has 0 N–H and O–H groups in total. The van der Waals surface area contributed by atoms with Crippen molar-refractivity contribution in [1.29, 1.82) is 0 Å². The molecule has 10 heteroatoms. The number of carbonyl (C=O) groups excluding carboxylic acids is 1. The number of nitrogens with zero attached hydrogens (tertiary/aromatic N) is 3. The Morgan fingerprint density at radius 3 is 2.35 bits per heavy atom. The first-order valence-corrected chi connectivity index (χ1v) is 12.1. The van der Waals surface area contributed by atoms with Crippen LogP contribution >= 0.6 is 15.9 Å². The van der Waals surface area contributed by atoms with Crippen LogP contribution < -0.4 is 24.5 Å². The molecule has 1 heterocycles. The van der Waals surface area contributed by atoms with Crippen molar-refractivity contribution in [1.82, 2.24) is 9.66 Å². The third-order valence-corrected chi connectivity index (χ3v) is 6.02. The predicted molar refractivity (Wildman–Crippen MR) is 144 cm³/mol. The minimum Gasteiger partial charge on any atom is -0.493 e. The summed E-state index contributed by atoms with van der Waals surface area (Å²) in [6.07, 6.45) is 1.96. The van der Waals surface area contributed by atoms with Gasteiger partial charge in [0.25, 0.3) is 5.56 Å². The van der Waals surface area contributed by atoms with E-state index in [9.17, 15) is 9.59 Å². The summed E-state index contributed by atoms with van der Waals surface area (Å²) in [6.45, 7) is 1.90. The van der Waals surface area contributed by atoms with Gasteiger partial charge in [-0.15, -0.1) is 0 Å². The van der Waals surface area contributed by atoms with Crippen LogP contribution in [-0.4, -0.2) is 43.2 Å². The number of fused-ring (bicyclic) bond motifs is 1. The van der Waals surface area contributed by atoms with E-state index in [0.717, 1.165) is 4.47 Å². The van der Waals surface area contributed by atoms with E-state index in [4.69, 9.17) is 18.9 Å². The maximum atomic E-state index is 13.1. The number of para-hydroxylation sites is 1. The molecule has 0 unspecified atom stereocenters. The van der Waals surface area contributed by atoms with Crippen molar-refractivity contribution in [3.63, 3.8) is 0 Å². The van der Waals surface area contributed by atoms with Crippen LogP contribution in [0.3, 0.4) is 0 Å². The average molecular weight is 566 g/mol. The highest BCUT2D eigenvalue weighted by Crippen LogP contribution is 2.38. The quantitative estimate of drug-likeness (QED) is 0.171. The Hall–Kier alpha value is -4.18. The fourth-order valence-corrected chi connectivity index (χ4v) is 4.09. The van der Waals surface area contributed by atoms with Crippen LogP contribution in [0, 0.1) is 0 Å². The van der Waals surface area contributed by atoms with Gasteiger partial charge < -0.3 is 18.9 Å². The van der Waals surface area contributed by atoms with E-state index in [1.165, 1.54) is 44.4 Å².